The van der Waals surface area contributed by atoms with Crippen LogP contribution in [0.15, 0.2) is 30.3 Å². The third-order valence-corrected chi connectivity index (χ3v) is 3.88. The number of pyridine rings is 1. The van der Waals surface area contributed by atoms with E-state index < -0.39 is 0 Å². The van der Waals surface area contributed by atoms with Crippen LogP contribution < -0.4 is 5.32 Å². The van der Waals surface area contributed by atoms with Crippen molar-refractivity contribution >= 4 is 16.7 Å². The largest absolute Gasteiger partial charge is 0.373 e. The first-order valence-corrected chi connectivity index (χ1v) is 7.12. The molecule has 0 spiro atoms. The lowest BCUT2D eigenvalue weighted by Crippen LogP contribution is -2.25. The van der Waals surface area contributed by atoms with Crippen molar-refractivity contribution in [1.82, 2.24) is 9.88 Å². The minimum atomic E-state index is 0.793. The predicted molar refractivity (Wildman–Crippen MR) is 80.4 cm³/mol. The number of aromatic nitrogens is 1. The van der Waals surface area contributed by atoms with Crippen LogP contribution in [0.5, 0.6) is 0 Å². The van der Waals surface area contributed by atoms with Crippen molar-refractivity contribution in [3.8, 4) is 0 Å². The maximum atomic E-state index is 4.72. The number of nitrogens with zero attached hydrogens (tertiary/aromatic N) is 2. The molecule has 1 saturated carbocycles. The van der Waals surface area contributed by atoms with E-state index in [9.17, 15) is 0 Å². The molecule has 1 aromatic heterocycles. The summed E-state index contributed by atoms with van der Waals surface area (Å²) < 4.78 is 0. The van der Waals surface area contributed by atoms with Gasteiger partial charge in [0, 0.05) is 30.6 Å². The standard InChI is InChI=1S/C16H21N3/c1-3-19(14-8-9-14)11-13-10-12-6-4-5-7-15(12)18-16(13)17-2/h4-7,10,14H,3,8-9,11H2,1-2H3,(H,17,18). The monoisotopic (exact) mass is 255 g/mol. The summed E-state index contributed by atoms with van der Waals surface area (Å²) in [4.78, 5) is 7.27. The van der Waals surface area contributed by atoms with Crippen molar-refractivity contribution in [2.45, 2.75) is 32.4 Å². The van der Waals surface area contributed by atoms with Gasteiger partial charge in [-0.05, 0) is 31.5 Å². The number of hydrogen-bond donors (Lipinski definition) is 1. The van der Waals surface area contributed by atoms with Crippen molar-refractivity contribution in [2.24, 2.45) is 0 Å². The molecule has 1 aliphatic carbocycles. The second-order valence-electron chi connectivity index (χ2n) is 5.23. The lowest BCUT2D eigenvalue weighted by molar-refractivity contribution is 0.269. The van der Waals surface area contributed by atoms with Crippen LogP contribution in [0, 0.1) is 0 Å². The average molecular weight is 255 g/mol. The highest BCUT2D eigenvalue weighted by atomic mass is 15.2. The van der Waals surface area contributed by atoms with Crippen LogP contribution in [0.25, 0.3) is 10.9 Å². The molecule has 0 saturated heterocycles. The van der Waals surface area contributed by atoms with E-state index in [1.165, 1.54) is 23.8 Å². The minimum Gasteiger partial charge on any atom is -0.373 e. The highest BCUT2D eigenvalue weighted by Crippen LogP contribution is 2.30. The number of hydrogen-bond acceptors (Lipinski definition) is 3. The summed E-state index contributed by atoms with van der Waals surface area (Å²) in [5.41, 5.74) is 2.36. The van der Waals surface area contributed by atoms with Gasteiger partial charge in [-0.1, -0.05) is 25.1 Å². The molecule has 1 fully saturated rings. The first-order valence-electron chi connectivity index (χ1n) is 7.12. The fourth-order valence-corrected chi connectivity index (χ4v) is 2.65. The topological polar surface area (TPSA) is 28.2 Å². The quantitative estimate of drug-likeness (QED) is 0.889. The Morgan fingerprint density at radius 3 is 2.79 bits per heavy atom. The van der Waals surface area contributed by atoms with E-state index in [4.69, 9.17) is 4.98 Å². The van der Waals surface area contributed by atoms with E-state index in [2.05, 4.69) is 41.4 Å². The maximum absolute atomic E-state index is 4.72. The fraction of sp³-hybridized carbons (Fsp3) is 0.438. The Morgan fingerprint density at radius 1 is 1.32 bits per heavy atom. The van der Waals surface area contributed by atoms with Gasteiger partial charge in [-0.3, -0.25) is 4.90 Å². The van der Waals surface area contributed by atoms with Gasteiger partial charge in [0.15, 0.2) is 0 Å². The average Bonchev–Trinajstić information content (AvgIpc) is 3.28. The normalized spacial score (nSPS) is 15.1. The van der Waals surface area contributed by atoms with Gasteiger partial charge >= 0.3 is 0 Å². The Kier molecular flexibility index (Phi) is 3.38. The molecule has 2 aromatic rings. The maximum Gasteiger partial charge on any atom is 0.130 e. The molecule has 3 nitrogen and oxygen atoms in total. The Bertz CT molecular complexity index is 575. The second kappa shape index (κ2) is 5.17. The highest BCUT2D eigenvalue weighted by molar-refractivity contribution is 5.81. The highest BCUT2D eigenvalue weighted by Gasteiger charge is 2.28. The molecule has 19 heavy (non-hydrogen) atoms. The van der Waals surface area contributed by atoms with Crippen LogP contribution in [-0.2, 0) is 6.54 Å². The van der Waals surface area contributed by atoms with Gasteiger partial charge in [0.25, 0.3) is 0 Å². The van der Waals surface area contributed by atoms with E-state index in [1.54, 1.807) is 0 Å². The number of benzene rings is 1. The first kappa shape index (κ1) is 12.4. The smallest absolute Gasteiger partial charge is 0.130 e. The lowest BCUT2D eigenvalue weighted by atomic mass is 10.1. The molecular formula is C16H21N3. The van der Waals surface area contributed by atoms with Crippen LogP contribution in [0.2, 0.25) is 0 Å². The minimum absolute atomic E-state index is 0.793. The zero-order valence-electron chi connectivity index (χ0n) is 11.7. The molecule has 1 aliphatic rings. The van der Waals surface area contributed by atoms with E-state index in [0.29, 0.717) is 0 Å². The molecule has 0 atom stereocenters. The molecule has 1 heterocycles. The van der Waals surface area contributed by atoms with Crippen molar-refractivity contribution in [3.05, 3.63) is 35.9 Å². The molecule has 3 rings (SSSR count). The number of fused-ring (bicyclic) bond motifs is 1. The van der Waals surface area contributed by atoms with Crippen LogP contribution in [0.1, 0.15) is 25.3 Å². The predicted octanol–water partition coefficient (Wildman–Crippen LogP) is 3.26. The van der Waals surface area contributed by atoms with Crippen LogP contribution in [-0.4, -0.2) is 29.5 Å². The van der Waals surface area contributed by atoms with Crippen molar-refractivity contribution < 1.29 is 0 Å². The Labute approximate surface area is 114 Å². The fourth-order valence-electron chi connectivity index (χ4n) is 2.65. The zero-order chi connectivity index (χ0) is 13.2. The van der Waals surface area contributed by atoms with Gasteiger partial charge in [-0.25, -0.2) is 4.98 Å². The van der Waals surface area contributed by atoms with Gasteiger partial charge in [0.05, 0.1) is 5.52 Å². The molecule has 3 heteroatoms. The lowest BCUT2D eigenvalue weighted by Gasteiger charge is -2.21. The molecule has 0 unspecified atom stereocenters. The molecule has 0 radical (unpaired) electrons. The third kappa shape index (κ3) is 2.56. The van der Waals surface area contributed by atoms with Crippen LogP contribution >= 0.6 is 0 Å². The van der Waals surface area contributed by atoms with E-state index in [-0.39, 0.29) is 0 Å². The molecule has 1 N–H and O–H groups in total. The van der Waals surface area contributed by atoms with Crippen LogP contribution in [0.3, 0.4) is 0 Å². The number of rotatable bonds is 5. The SMILES string of the molecule is CCN(Cc1cc2ccccc2nc1NC)C1CC1. The number of para-hydroxylation sites is 1. The van der Waals surface area contributed by atoms with Gasteiger partial charge < -0.3 is 5.32 Å². The second-order valence-corrected chi connectivity index (χ2v) is 5.23. The van der Waals surface area contributed by atoms with E-state index in [0.717, 1.165) is 30.5 Å². The van der Waals surface area contributed by atoms with Crippen molar-refractivity contribution in [1.29, 1.82) is 0 Å². The number of nitrogens with one attached hydrogen (secondary N) is 1. The van der Waals surface area contributed by atoms with Crippen molar-refractivity contribution in [2.75, 3.05) is 18.9 Å². The number of anilines is 1. The zero-order valence-corrected chi connectivity index (χ0v) is 11.7. The van der Waals surface area contributed by atoms with Crippen molar-refractivity contribution in [3.63, 3.8) is 0 Å². The molecule has 0 aliphatic heterocycles. The summed E-state index contributed by atoms with van der Waals surface area (Å²) in [6.45, 7) is 4.35. The summed E-state index contributed by atoms with van der Waals surface area (Å²) in [5, 5.41) is 4.46. The van der Waals surface area contributed by atoms with Gasteiger partial charge in [-0.2, -0.15) is 0 Å². The summed E-state index contributed by atoms with van der Waals surface area (Å²) in [6, 6.07) is 11.4. The van der Waals surface area contributed by atoms with Gasteiger partial charge in [0.1, 0.15) is 5.82 Å². The Hall–Kier alpha value is -1.61. The van der Waals surface area contributed by atoms with Gasteiger partial charge in [0.2, 0.25) is 0 Å². The molecule has 0 bridgehead atoms. The summed E-state index contributed by atoms with van der Waals surface area (Å²) >= 11 is 0. The van der Waals surface area contributed by atoms with E-state index >= 15 is 0 Å². The van der Waals surface area contributed by atoms with Crippen LogP contribution in [0.4, 0.5) is 5.82 Å². The molecule has 0 amide bonds. The van der Waals surface area contributed by atoms with E-state index in [1.807, 2.05) is 13.1 Å². The summed E-state index contributed by atoms with van der Waals surface area (Å²) in [5.74, 6) is 1.01. The first-order chi connectivity index (χ1) is 9.31. The molecule has 100 valence electrons. The van der Waals surface area contributed by atoms with Gasteiger partial charge in [-0.15, -0.1) is 0 Å². The summed E-state index contributed by atoms with van der Waals surface area (Å²) in [6.07, 6.45) is 2.70. The Balaban J connectivity index is 1.95. The summed E-state index contributed by atoms with van der Waals surface area (Å²) in [7, 11) is 1.95. The molecular weight excluding hydrogens is 234 g/mol. The third-order valence-electron chi connectivity index (χ3n) is 3.88. The Morgan fingerprint density at radius 2 is 2.11 bits per heavy atom. The molecule has 1 aromatic carbocycles.